The smallest absolute Gasteiger partial charge is 0.0917 e. The summed E-state index contributed by atoms with van der Waals surface area (Å²) in [6.07, 6.45) is 1.66. The fraction of sp³-hybridized carbons (Fsp3) is 0.467. The molecule has 2 N–H and O–H groups in total. The number of benzene rings is 1. The molecule has 20 heavy (non-hydrogen) atoms. The van der Waals surface area contributed by atoms with Gasteiger partial charge in [-0.3, -0.25) is 0 Å². The van der Waals surface area contributed by atoms with Crippen LogP contribution >= 0.6 is 23.7 Å². The zero-order chi connectivity index (χ0) is 13.1. The van der Waals surface area contributed by atoms with Crippen molar-refractivity contribution in [3.05, 3.63) is 35.2 Å². The molecule has 1 aromatic carbocycles. The van der Waals surface area contributed by atoms with Crippen molar-refractivity contribution in [1.29, 1.82) is 0 Å². The summed E-state index contributed by atoms with van der Waals surface area (Å²) in [5.41, 5.74) is 0.796. The van der Waals surface area contributed by atoms with E-state index in [-0.39, 0.29) is 12.4 Å². The molecule has 5 heteroatoms. The highest BCUT2D eigenvalue weighted by Crippen LogP contribution is 2.22. The molecule has 1 saturated heterocycles. The zero-order valence-electron chi connectivity index (χ0n) is 11.3. The highest BCUT2D eigenvalue weighted by Gasteiger charge is 2.33. The van der Waals surface area contributed by atoms with Crippen LogP contribution in [0, 0.1) is 0 Å². The number of nitrogens with one attached hydrogen (secondary N) is 1. The van der Waals surface area contributed by atoms with Gasteiger partial charge >= 0.3 is 0 Å². The molecule has 3 nitrogen and oxygen atoms in total. The summed E-state index contributed by atoms with van der Waals surface area (Å²) in [6.45, 7) is 2.76. The fourth-order valence-electron chi connectivity index (χ4n) is 2.32. The molecule has 0 saturated carbocycles. The maximum atomic E-state index is 9.88. The Morgan fingerprint density at radius 2 is 2.10 bits per heavy atom. The number of rotatable bonds is 6. The van der Waals surface area contributed by atoms with Crippen LogP contribution in [0.2, 0.25) is 0 Å². The normalized spacial score (nSPS) is 16.6. The molecular formula is C15H20ClNO2S. The first-order valence-corrected chi connectivity index (χ1v) is 7.60. The van der Waals surface area contributed by atoms with E-state index in [4.69, 9.17) is 4.74 Å². The van der Waals surface area contributed by atoms with E-state index in [1.54, 1.807) is 11.3 Å². The lowest BCUT2D eigenvalue weighted by molar-refractivity contribution is -0.0383. The minimum Gasteiger partial charge on any atom is -0.387 e. The predicted molar refractivity (Wildman–Crippen MR) is 86.0 cm³/mol. The summed E-state index contributed by atoms with van der Waals surface area (Å²) in [5.74, 6) is 0. The maximum Gasteiger partial charge on any atom is 0.0917 e. The van der Waals surface area contributed by atoms with Crippen LogP contribution in [-0.4, -0.2) is 37.0 Å². The third kappa shape index (κ3) is 3.71. The van der Waals surface area contributed by atoms with Gasteiger partial charge in [0.1, 0.15) is 0 Å². The SMILES string of the molecule is Cl.OC1(CCOCCc2ccc3sccc3c2)CNC1. The molecular weight excluding hydrogens is 294 g/mol. The van der Waals surface area contributed by atoms with Crippen LogP contribution in [0.25, 0.3) is 10.1 Å². The summed E-state index contributed by atoms with van der Waals surface area (Å²) < 4.78 is 6.95. The van der Waals surface area contributed by atoms with Crippen LogP contribution in [0.5, 0.6) is 0 Å². The second kappa shape index (κ2) is 6.87. The van der Waals surface area contributed by atoms with Crippen molar-refractivity contribution in [2.75, 3.05) is 26.3 Å². The molecule has 0 amide bonds. The molecule has 1 aromatic heterocycles. The lowest BCUT2D eigenvalue weighted by Crippen LogP contribution is -2.59. The fourth-order valence-corrected chi connectivity index (χ4v) is 3.09. The van der Waals surface area contributed by atoms with E-state index < -0.39 is 5.60 Å². The quantitative estimate of drug-likeness (QED) is 0.806. The number of hydrogen-bond donors (Lipinski definition) is 2. The number of thiophene rings is 1. The van der Waals surface area contributed by atoms with E-state index in [1.807, 2.05) is 0 Å². The Bertz CT molecular complexity index is 554. The average Bonchev–Trinajstić information content (AvgIpc) is 2.83. The summed E-state index contributed by atoms with van der Waals surface area (Å²) in [7, 11) is 0. The lowest BCUT2D eigenvalue weighted by atomic mass is 9.94. The van der Waals surface area contributed by atoms with Crippen molar-refractivity contribution in [2.24, 2.45) is 0 Å². The van der Waals surface area contributed by atoms with Crippen LogP contribution in [0.3, 0.4) is 0 Å². The van der Waals surface area contributed by atoms with E-state index in [1.165, 1.54) is 15.6 Å². The standard InChI is InChI=1S/C15H19NO2S.ClH/c17-15(10-16-11-15)5-7-18-6-3-12-1-2-14-13(9-12)4-8-19-14;/h1-2,4,8-9,16-17H,3,5-7,10-11H2;1H. The van der Waals surface area contributed by atoms with Crippen LogP contribution < -0.4 is 5.32 Å². The van der Waals surface area contributed by atoms with Gasteiger partial charge < -0.3 is 15.2 Å². The summed E-state index contributed by atoms with van der Waals surface area (Å²) in [5, 5.41) is 16.4. The Morgan fingerprint density at radius 3 is 2.85 bits per heavy atom. The Morgan fingerprint density at radius 1 is 1.25 bits per heavy atom. The van der Waals surface area contributed by atoms with Gasteiger partial charge in [0.2, 0.25) is 0 Å². The van der Waals surface area contributed by atoms with Crippen LogP contribution in [-0.2, 0) is 11.2 Å². The maximum absolute atomic E-state index is 9.88. The topological polar surface area (TPSA) is 41.5 Å². The monoisotopic (exact) mass is 313 g/mol. The molecule has 1 fully saturated rings. The highest BCUT2D eigenvalue weighted by atomic mass is 35.5. The Labute approximate surface area is 129 Å². The largest absolute Gasteiger partial charge is 0.387 e. The van der Waals surface area contributed by atoms with E-state index >= 15 is 0 Å². The molecule has 1 aliphatic rings. The minimum absolute atomic E-state index is 0. The third-order valence-electron chi connectivity index (χ3n) is 3.67. The Hall–Kier alpha value is -0.650. The van der Waals surface area contributed by atoms with E-state index in [0.29, 0.717) is 19.7 Å². The van der Waals surface area contributed by atoms with Gasteiger partial charge in [0.25, 0.3) is 0 Å². The van der Waals surface area contributed by atoms with E-state index in [0.717, 1.165) is 19.4 Å². The molecule has 3 rings (SSSR count). The molecule has 0 bridgehead atoms. The molecule has 2 aromatic rings. The molecule has 110 valence electrons. The number of fused-ring (bicyclic) bond motifs is 1. The van der Waals surface area contributed by atoms with E-state index in [2.05, 4.69) is 35.0 Å². The Kier molecular flexibility index (Phi) is 5.41. The van der Waals surface area contributed by atoms with Gasteiger partial charge in [0, 0.05) is 30.8 Å². The number of hydrogen-bond acceptors (Lipinski definition) is 4. The molecule has 0 atom stereocenters. The minimum atomic E-state index is -0.518. The zero-order valence-corrected chi connectivity index (χ0v) is 12.9. The van der Waals surface area contributed by atoms with Crippen molar-refractivity contribution < 1.29 is 9.84 Å². The van der Waals surface area contributed by atoms with Gasteiger partial charge in [-0.05, 0) is 34.9 Å². The van der Waals surface area contributed by atoms with Crippen LogP contribution in [0.4, 0.5) is 0 Å². The highest BCUT2D eigenvalue weighted by molar-refractivity contribution is 7.17. The van der Waals surface area contributed by atoms with Crippen LogP contribution in [0.15, 0.2) is 29.6 Å². The molecule has 1 aliphatic heterocycles. The molecule has 0 unspecified atom stereocenters. The first kappa shape index (κ1) is 15.7. The molecule has 0 aliphatic carbocycles. The number of ether oxygens (including phenoxy) is 1. The first-order valence-electron chi connectivity index (χ1n) is 6.72. The second-order valence-corrected chi connectivity index (χ2v) is 6.18. The summed E-state index contributed by atoms with van der Waals surface area (Å²) >= 11 is 1.77. The summed E-state index contributed by atoms with van der Waals surface area (Å²) in [4.78, 5) is 0. The van der Waals surface area contributed by atoms with Crippen molar-refractivity contribution in [3.63, 3.8) is 0 Å². The van der Waals surface area contributed by atoms with Crippen LogP contribution in [0.1, 0.15) is 12.0 Å². The molecule has 0 spiro atoms. The lowest BCUT2D eigenvalue weighted by Gasteiger charge is -2.37. The van der Waals surface area contributed by atoms with Crippen molar-refractivity contribution in [2.45, 2.75) is 18.4 Å². The predicted octanol–water partition coefficient (Wildman–Crippen LogP) is 2.61. The Balaban J connectivity index is 0.00000147. The number of β-amino-alcohol motifs (C(OH)–C–C–N with tert-alkyl or cyclic N) is 1. The van der Waals surface area contributed by atoms with Gasteiger partial charge in [0.15, 0.2) is 0 Å². The second-order valence-electron chi connectivity index (χ2n) is 5.23. The van der Waals surface area contributed by atoms with Crippen molar-refractivity contribution >= 4 is 33.8 Å². The van der Waals surface area contributed by atoms with E-state index in [9.17, 15) is 5.11 Å². The van der Waals surface area contributed by atoms with Crippen molar-refractivity contribution in [3.8, 4) is 0 Å². The third-order valence-corrected chi connectivity index (χ3v) is 4.57. The first-order chi connectivity index (χ1) is 9.25. The van der Waals surface area contributed by atoms with Gasteiger partial charge in [-0.1, -0.05) is 12.1 Å². The number of aliphatic hydroxyl groups is 1. The average molecular weight is 314 g/mol. The molecule has 2 heterocycles. The van der Waals surface area contributed by atoms with Gasteiger partial charge in [-0.15, -0.1) is 23.7 Å². The van der Waals surface area contributed by atoms with Gasteiger partial charge in [-0.2, -0.15) is 0 Å². The molecule has 0 radical (unpaired) electrons. The van der Waals surface area contributed by atoms with Gasteiger partial charge in [0.05, 0.1) is 12.2 Å². The van der Waals surface area contributed by atoms with Gasteiger partial charge in [-0.25, -0.2) is 0 Å². The van der Waals surface area contributed by atoms with Crippen molar-refractivity contribution in [1.82, 2.24) is 5.32 Å². The summed E-state index contributed by atoms with van der Waals surface area (Å²) in [6, 6.07) is 8.74. The number of halogens is 1.